The molecule has 0 atom stereocenters. The van der Waals surface area contributed by atoms with Gasteiger partial charge in [-0.3, -0.25) is 24.7 Å². The molecule has 0 aliphatic rings. The number of fused-ring (bicyclic) bond motifs is 1. The van der Waals surface area contributed by atoms with Gasteiger partial charge in [-0.05, 0) is 0 Å². The molecule has 11 nitrogen and oxygen atoms in total. The van der Waals surface area contributed by atoms with Crippen LogP contribution in [0.5, 0.6) is 0 Å². The molecule has 0 aromatic carbocycles. The maximum Gasteiger partial charge on any atom is 0.328 e. The van der Waals surface area contributed by atoms with E-state index >= 15 is 0 Å². The van der Waals surface area contributed by atoms with Crippen molar-refractivity contribution in [3.63, 3.8) is 0 Å². The van der Waals surface area contributed by atoms with Gasteiger partial charge in [-0.25, -0.2) is 19.2 Å². The highest BCUT2D eigenvalue weighted by atomic mass is 16.4. The summed E-state index contributed by atoms with van der Waals surface area (Å²) in [5.41, 5.74) is -1.65. The molecule has 6 N–H and O–H groups in total. The van der Waals surface area contributed by atoms with E-state index in [1.165, 1.54) is 0 Å². The number of imidazole rings is 1. The SMILES string of the molecule is O=C(O)/C=C/C(=O)O.O=c1[nH]c(=O)c2[nH]c(=O)[nH]c2[nH]1. The molecule has 0 aliphatic carbocycles. The first-order valence-electron chi connectivity index (χ1n) is 4.88. The minimum atomic E-state index is -1.26. The standard InChI is InChI=1S/C5H4N4O3.C4H4O4/c10-3-1-2(7-4(11)6-1)8-5(12)9-3;5-3(6)1-2-4(7)8/h(H4,6,7,8,9,10,11,12);1-2H,(H,5,6)(H,7,8)/b;2-1+. The fourth-order valence-corrected chi connectivity index (χ4v) is 1.10. The molecule has 0 unspecified atom stereocenters. The number of carboxylic acid groups (broad SMARTS) is 2. The smallest absolute Gasteiger partial charge is 0.328 e. The molecule has 0 radical (unpaired) electrons. The molecule has 106 valence electrons. The molecule has 2 heterocycles. The Morgan fingerprint density at radius 1 is 0.800 bits per heavy atom. The Hall–Kier alpha value is -3.37. The number of H-pyrrole nitrogens is 4. The lowest BCUT2D eigenvalue weighted by Gasteiger charge is -1.83. The third kappa shape index (κ3) is 4.14. The van der Waals surface area contributed by atoms with Gasteiger partial charge in [0.25, 0.3) is 5.56 Å². The lowest BCUT2D eigenvalue weighted by molar-refractivity contribution is -0.134. The normalized spacial score (nSPS) is 10.2. The van der Waals surface area contributed by atoms with E-state index in [2.05, 4.69) is 15.0 Å². The number of carboxylic acids is 2. The van der Waals surface area contributed by atoms with E-state index in [4.69, 9.17) is 10.2 Å². The van der Waals surface area contributed by atoms with E-state index in [-0.39, 0.29) is 11.2 Å². The summed E-state index contributed by atoms with van der Waals surface area (Å²) in [6.07, 6.45) is 1.12. The Labute approximate surface area is 107 Å². The van der Waals surface area contributed by atoms with Crippen LogP contribution in [0.1, 0.15) is 0 Å². The number of rotatable bonds is 2. The van der Waals surface area contributed by atoms with Crippen LogP contribution in [0.2, 0.25) is 0 Å². The first-order chi connectivity index (χ1) is 9.29. The predicted molar refractivity (Wildman–Crippen MR) is 64.6 cm³/mol. The topological polar surface area (TPSA) is 189 Å². The van der Waals surface area contributed by atoms with Gasteiger partial charge < -0.3 is 10.2 Å². The molecule has 0 aliphatic heterocycles. The second-order valence-corrected chi connectivity index (χ2v) is 3.25. The highest BCUT2D eigenvalue weighted by Gasteiger charge is 2.02. The second kappa shape index (κ2) is 5.99. The number of aromatic amines is 4. The monoisotopic (exact) mass is 284 g/mol. The summed E-state index contributed by atoms with van der Waals surface area (Å²) in [5.74, 6) is -2.51. The van der Waals surface area contributed by atoms with E-state index in [1.54, 1.807) is 0 Å². The van der Waals surface area contributed by atoms with E-state index in [9.17, 15) is 24.0 Å². The molecule has 0 saturated heterocycles. The van der Waals surface area contributed by atoms with Gasteiger partial charge in [0, 0.05) is 12.2 Å². The van der Waals surface area contributed by atoms with Gasteiger partial charge in [-0.1, -0.05) is 0 Å². The lowest BCUT2D eigenvalue weighted by atomic mass is 10.5. The maximum atomic E-state index is 10.9. The van der Waals surface area contributed by atoms with Crippen molar-refractivity contribution in [2.45, 2.75) is 0 Å². The van der Waals surface area contributed by atoms with Gasteiger partial charge in [0.2, 0.25) is 0 Å². The van der Waals surface area contributed by atoms with Crippen LogP contribution >= 0.6 is 0 Å². The van der Waals surface area contributed by atoms with Gasteiger partial charge >= 0.3 is 23.3 Å². The van der Waals surface area contributed by atoms with Crippen molar-refractivity contribution in [2.75, 3.05) is 0 Å². The Morgan fingerprint density at radius 2 is 1.25 bits per heavy atom. The third-order valence-corrected chi connectivity index (χ3v) is 1.79. The Balaban J connectivity index is 0.000000221. The molecule has 11 heteroatoms. The summed E-state index contributed by atoms with van der Waals surface area (Å²) in [6.45, 7) is 0. The predicted octanol–water partition coefficient (Wildman–Crippen LogP) is -2.06. The second-order valence-electron chi connectivity index (χ2n) is 3.25. The fraction of sp³-hybridized carbons (Fsp3) is 0. The van der Waals surface area contributed by atoms with Crippen molar-refractivity contribution in [2.24, 2.45) is 0 Å². The van der Waals surface area contributed by atoms with Crippen LogP contribution in [-0.2, 0) is 9.59 Å². The molecule has 0 amide bonds. The number of aromatic nitrogens is 4. The first kappa shape index (κ1) is 14.7. The summed E-state index contributed by atoms with van der Waals surface area (Å²) < 4.78 is 0. The van der Waals surface area contributed by atoms with Crippen molar-refractivity contribution < 1.29 is 19.8 Å². The third-order valence-electron chi connectivity index (χ3n) is 1.79. The number of hydrogen-bond acceptors (Lipinski definition) is 5. The van der Waals surface area contributed by atoms with Crippen LogP contribution in [0.25, 0.3) is 11.2 Å². The first-order valence-corrected chi connectivity index (χ1v) is 4.88. The van der Waals surface area contributed by atoms with Crippen LogP contribution in [0.4, 0.5) is 0 Å². The quantitative estimate of drug-likeness (QED) is 0.342. The van der Waals surface area contributed by atoms with Crippen LogP contribution < -0.4 is 16.9 Å². The molecule has 2 rings (SSSR count). The highest BCUT2D eigenvalue weighted by molar-refractivity contribution is 5.89. The van der Waals surface area contributed by atoms with Crippen LogP contribution in [0, 0.1) is 0 Å². The molecule has 20 heavy (non-hydrogen) atoms. The minimum Gasteiger partial charge on any atom is -0.478 e. The van der Waals surface area contributed by atoms with Gasteiger partial charge in [0.15, 0.2) is 0 Å². The van der Waals surface area contributed by atoms with Crippen LogP contribution in [0.15, 0.2) is 26.5 Å². The van der Waals surface area contributed by atoms with E-state index in [0.717, 1.165) is 0 Å². The van der Waals surface area contributed by atoms with Gasteiger partial charge in [-0.2, -0.15) is 0 Å². The van der Waals surface area contributed by atoms with Crippen LogP contribution in [-0.4, -0.2) is 42.1 Å². The summed E-state index contributed by atoms with van der Waals surface area (Å²) in [4.78, 5) is 60.1. The summed E-state index contributed by atoms with van der Waals surface area (Å²) in [5, 5.41) is 15.6. The molecule has 2 aromatic heterocycles. The number of hydrogen-bond donors (Lipinski definition) is 6. The molecule has 0 bridgehead atoms. The Morgan fingerprint density at radius 3 is 1.70 bits per heavy atom. The van der Waals surface area contributed by atoms with Crippen molar-refractivity contribution in [3.05, 3.63) is 43.5 Å². The fourth-order valence-electron chi connectivity index (χ4n) is 1.10. The molecule has 0 spiro atoms. The molecule has 0 saturated carbocycles. The van der Waals surface area contributed by atoms with Gasteiger partial charge in [0.1, 0.15) is 11.2 Å². The van der Waals surface area contributed by atoms with Crippen molar-refractivity contribution in [1.82, 2.24) is 19.9 Å². The zero-order valence-electron chi connectivity index (χ0n) is 9.59. The molecule has 2 aromatic rings. The molecular formula is C9H8N4O7. The Kier molecular flexibility index (Phi) is 4.40. The summed E-state index contributed by atoms with van der Waals surface area (Å²) in [6, 6.07) is 0. The van der Waals surface area contributed by atoms with E-state index < -0.39 is 28.9 Å². The van der Waals surface area contributed by atoms with Crippen LogP contribution in [0.3, 0.4) is 0 Å². The largest absolute Gasteiger partial charge is 0.478 e. The number of carbonyl (C=O) groups is 2. The zero-order chi connectivity index (χ0) is 15.3. The Bertz CT molecular complexity index is 818. The average Bonchev–Trinajstić information content (AvgIpc) is 2.68. The van der Waals surface area contributed by atoms with Gasteiger partial charge in [0.05, 0.1) is 0 Å². The maximum absolute atomic E-state index is 10.9. The lowest BCUT2D eigenvalue weighted by Crippen LogP contribution is -2.21. The van der Waals surface area contributed by atoms with E-state index in [1.807, 2.05) is 4.98 Å². The summed E-state index contributed by atoms with van der Waals surface area (Å²) in [7, 11) is 0. The van der Waals surface area contributed by atoms with Crippen molar-refractivity contribution >= 4 is 23.1 Å². The van der Waals surface area contributed by atoms with Crippen molar-refractivity contribution in [3.8, 4) is 0 Å². The average molecular weight is 284 g/mol. The minimum absolute atomic E-state index is 0.0413. The molecule has 0 fully saturated rings. The number of nitrogens with one attached hydrogen (secondary N) is 4. The molecular weight excluding hydrogens is 276 g/mol. The zero-order valence-corrected chi connectivity index (χ0v) is 9.59. The summed E-state index contributed by atoms with van der Waals surface area (Å²) >= 11 is 0. The number of aliphatic carboxylic acids is 2. The highest BCUT2D eigenvalue weighted by Crippen LogP contribution is 1.88. The van der Waals surface area contributed by atoms with Gasteiger partial charge in [-0.15, -0.1) is 0 Å². The van der Waals surface area contributed by atoms with Crippen molar-refractivity contribution in [1.29, 1.82) is 0 Å². The van der Waals surface area contributed by atoms with E-state index in [0.29, 0.717) is 12.2 Å².